The Bertz CT molecular complexity index is 401. The van der Waals surface area contributed by atoms with Crippen molar-refractivity contribution >= 4 is 16.2 Å². The normalized spacial score (nSPS) is 18.0. The van der Waals surface area contributed by atoms with Crippen LogP contribution in [0.5, 0.6) is 11.6 Å². The summed E-state index contributed by atoms with van der Waals surface area (Å²) in [5, 5.41) is 3.46. The lowest BCUT2D eigenvalue weighted by Gasteiger charge is -1.94. The number of nitrogen functional groups attached to an aromatic ring is 2. The van der Waals surface area contributed by atoms with Crippen LogP contribution in [0.3, 0.4) is 0 Å². The molecule has 66 valence electrons. The fourth-order valence-corrected chi connectivity index (χ4v) is 1.53. The van der Waals surface area contributed by atoms with Gasteiger partial charge in [-0.15, -0.1) is 18.3 Å². The van der Waals surface area contributed by atoms with Gasteiger partial charge < -0.3 is 19.9 Å². The molecular formula is C3H4N4O4S. The van der Waals surface area contributed by atoms with E-state index in [1.165, 1.54) is 0 Å². The fourth-order valence-electron chi connectivity index (χ4n) is 0.791. The van der Waals surface area contributed by atoms with Gasteiger partial charge in [0.05, 0.1) is 0 Å². The smallest absolute Gasteiger partial charge is 0.379 e. The molecule has 0 amide bonds. The van der Waals surface area contributed by atoms with Crippen molar-refractivity contribution in [3.8, 4) is 11.6 Å². The first-order valence-electron chi connectivity index (χ1n) is 2.77. The lowest BCUT2D eigenvalue weighted by Crippen LogP contribution is -2.16. The van der Waals surface area contributed by atoms with Crippen LogP contribution in [0.1, 0.15) is 0 Å². The summed E-state index contributed by atoms with van der Waals surface area (Å²) in [4.78, 5) is 0.690. The van der Waals surface area contributed by atoms with E-state index in [4.69, 9.17) is 11.6 Å². The maximum Gasteiger partial charge on any atom is 0.503 e. The number of fused-ring (bicyclic) bond motifs is 1. The van der Waals surface area contributed by atoms with Gasteiger partial charge in [0.2, 0.25) is 0 Å². The number of anilines is 1. The zero-order valence-corrected chi connectivity index (χ0v) is 6.41. The highest BCUT2D eigenvalue weighted by molar-refractivity contribution is 7.82. The summed E-state index contributed by atoms with van der Waals surface area (Å²) in [6.07, 6.45) is 0. The average Bonchev–Trinajstić information content (AvgIpc) is 2.34. The molecule has 12 heavy (non-hydrogen) atoms. The molecule has 0 aromatic carbocycles. The van der Waals surface area contributed by atoms with Gasteiger partial charge in [-0.3, -0.25) is 0 Å². The summed E-state index contributed by atoms with van der Waals surface area (Å²) in [7, 11) is -4.03. The maximum absolute atomic E-state index is 10.7. The van der Waals surface area contributed by atoms with E-state index in [1.54, 1.807) is 0 Å². The summed E-state index contributed by atoms with van der Waals surface area (Å²) < 4.78 is 29.9. The van der Waals surface area contributed by atoms with Crippen molar-refractivity contribution in [1.29, 1.82) is 0 Å². The highest BCUT2D eigenvalue weighted by atomic mass is 32.3. The molecule has 1 aliphatic rings. The Morgan fingerprint density at radius 1 is 1.42 bits per heavy atom. The molecule has 2 rings (SSSR count). The minimum atomic E-state index is -4.03. The number of hydrogen-bond acceptors (Lipinski definition) is 7. The first-order valence-corrected chi connectivity index (χ1v) is 4.10. The Hall–Kier alpha value is -1.64. The van der Waals surface area contributed by atoms with Gasteiger partial charge >= 0.3 is 16.3 Å². The molecular weight excluding hydrogens is 188 g/mol. The fraction of sp³-hybridized carbons (Fsp3) is 0. The van der Waals surface area contributed by atoms with Gasteiger partial charge in [-0.2, -0.15) is 0 Å². The summed E-state index contributed by atoms with van der Waals surface area (Å²) in [5.74, 6) is 4.65. The summed E-state index contributed by atoms with van der Waals surface area (Å²) in [5.41, 5.74) is 5.23. The van der Waals surface area contributed by atoms with E-state index in [-0.39, 0.29) is 17.4 Å². The lowest BCUT2D eigenvalue weighted by molar-refractivity contribution is 0.424. The molecule has 0 saturated carbocycles. The third-order valence-electron chi connectivity index (χ3n) is 1.22. The molecule has 0 radical (unpaired) electrons. The van der Waals surface area contributed by atoms with E-state index in [2.05, 4.69) is 13.5 Å². The van der Waals surface area contributed by atoms with E-state index >= 15 is 0 Å². The zero-order chi connectivity index (χ0) is 8.93. The van der Waals surface area contributed by atoms with E-state index in [9.17, 15) is 8.42 Å². The highest BCUT2D eigenvalue weighted by Gasteiger charge is 2.35. The number of aromatic nitrogens is 2. The van der Waals surface area contributed by atoms with Crippen molar-refractivity contribution in [2.75, 3.05) is 11.6 Å². The zero-order valence-electron chi connectivity index (χ0n) is 5.59. The molecule has 0 fully saturated rings. The Labute approximate surface area is 67.0 Å². The average molecular weight is 192 g/mol. The molecule has 0 bridgehead atoms. The highest BCUT2D eigenvalue weighted by Crippen LogP contribution is 2.38. The number of rotatable bonds is 0. The summed E-state index contributed by atoms with van der Waals surface area (Å²) >= 11 is 0. The monoisotopic (exact) mass is 192 g/mol. The van der Waals surface area contributed by atoms with Crippen molar-refractivity contribution in [3.63, 3.8) is 0 Å². The van der Waals surface area contributed by atoms with Gasteiger partial charge in [0, 0.05) is 0 Å². The third kappa shape index (κ3) is 0.763. The summed E-state index contributed by atoms with van der Waals surface area (Å²) in [6, 6.07) is 0. The Morgan fingerprint density at radius 2 is 2.08 bits per heavy atom. The second kappa shape index (κ2) is 1.75. The van der Waals surface area contributed by atoms with Crippen LogP contribution in [0.4, 0.5) is 5.82 Å². The van der Waals surface area contributed by atoms with Crippen molar-refractivity contribution in [1.82, 2.24) is 9.89 Å². The largest absolute Gasteiger partial charge is 0.503 e. The minimum absolute atomic E-state index is 0.131. The molecule has 0 spiro atoms. The van der Waals surface area contributed by atoms with E-state index in [0.717, 1.165) is 0 Å². The molecule has 8 nitrogen and oxygen atoms in total. The summed E-state index contributed by atoms with van der Waals surface area (Å²) in [6.45, 7) is 0. The Balaban J connectivity index is 2.64. The lowest BCUT2D eigenvalue weighted by atomic mass is 10.6. The van der Waals surface area contributed by atoms with Crippen LogP contribution in [0.15, 0.2) is 0 Å². The van der Waals surface area contributed by atoms with Gasteiger partial charge in [0.1, 0.15) is 0 Å². The van der Waals surface area contributed by atoms with Crippen LogP contribution in [0.2, 0.25) is 0 Å². The van der Waals surface area contributed by atoms with Crippen molar-refractivity contribution in [2.45, 2.75) is 0 Å². The molecule has 2 heterocycles. The van der Waals surface area contributed by atoms with E-state index < -0.39 is 10.4 Å². The van der Waals surface area contributed by atoms with Gasteiger partial charge in [-0.25, -0.2) is 0 Å². The molecule has 1 aromatic heterocycles. The van der Waals surface area contributed by atoms with Gasteiger partial charge in [-0.05, 0) is 0 Å². The quantitative estimate of drug-likeness (QED) is 0.464. The maximum atomic E-state index is 10.7. The Morgan fingerprint density at radius 3 is 2.67 bits per heavy atom. The van der Waals surface area contributed by atoms with Gasteiger partial charge in [-0.1, -0.05) is 0 Å². The second-order valence-electron chi connectivity index (χ2n) is 2.04. The molecule has 1 aliphatic heterocycles. The topological polar surface area (TPSA) is 122 Å². The predicted octanol–water partition coefficient (Wildman–Crippen LogP) is -1.80. The second-order valence-corrected chi connectivity index (χ2v) is 3.19. The molecule has 0 atom stereocenters. The first kappa shape index (κ1) is 7.03. The van der Waals surface area contributed by atoms with Crippen LogP contribution < -0.4 is 19.9 Å². The van der Waals surface area contributed by atoms with E-state index in [0.29, 0.717) is 4.79 Å². The molecule has 4 N–H and O–H groups in total. The van der Waals surface area contributed by atoms with Crippen molar-refractivity contribution < 1.29 is 16.8 Å². The van der Waals surface area contributed by atoms with E-state index in [1.807, 2.05) is 0 Å². The molecule has 0 saturated heterocycles. The van der Waals surface area contributed by atoms with Crippen LogP contribution in [-0.4, -0.2) is 18.3 Å². The molecule has 0 unspecified atom stereocenters. The number of nitrogens with zero attached hydrogens (tertiary/aromatic N) is 2. The standard InChI is InChI=1S/C3H4N4O4S/c4-2-1-3(7(5)6-2)11-12(8,9)10-1/h5H2,(H2,4,6). The van der Waals surface area contributed by atoms with Gasteiger partial charge in [0.15, 0.2) is 5.82 Å². The number of hydrogen-bond donors (Lipinski definition) is 2. The van der Waals surface area contributed by atoms with Crippen molar-refractivity contribution in [2.24, 2.45) is 0 Å². The van der Waals surface area contributed by atoms with Crippen LogP contribution in [0, 0.1) is 0 Å². The molecule has 9 heteroatoms. The SMILES string of the molecule is Nc1nn(N)c2c1OS(=O)(=O)O2. The van der Waals surface area contributed by atoms with Crippen LogP contribution in [0.25, 0.3) is 0 Å². The van der Waals surface area contributed by atoms with Crippen molar-refractivity contribution in [3.05, 3.63) is 0 Å². The third-order valence-corrected chi connectivity index (χ3v) is 1.95. The first-order chi connectivity index (χ1) is 5.49. The predicted molar refractivity (Wildman–Crippen MR) is 37.0 cm³/mol. The van der Waals surface area contributed by atoms with Crippen LogP contribution in [-0.2, 0) is 10.4 Å². The molecule has 0 aliphatic carbocycles. The Kier molecular flexibility index (Phi) is 1.02. The van der Waals surface area contributed by atoms with Crippen LogP contribution >= 0.6 is 0 Å². The van der Waals surface area contributed by atoms with Gasteiger partial charge in [0.25, 0.3) is 5.75 Å². The minimum Gasteiger partial charge on any atom is -0.379 e. The molecule has 1 aromatic rings. The number of nitrogens with two attached hydrogens (primary N) is 2.